The molecule has 1 amide bonds. The topological polar surface area (TPSA) is 50.8 Å². The van der Waals surface area contributed by atoms with E-state index < -0.39 is 6.10 Å². The van der Waals surface area contributed by atoms with Crippen LogP contribution in [-0.2, 0) is 14.3 Å². The van der Waals surface area contributed by atoms with Gasteiger partial charge in [0.25, 0.3) is 5.91 Å². The number of carbonyl (C=O) groups excluding carboxylic acids is 1. The van der Waals surface area contributed by atoms with E-state index in [2.05, 4.69) is 16.3 Å². The molecule has 5 nitrogen and oxygen atoms in total. The summed E-state index contributed by atoms with van der Waals surface area (Å²) in [6.07, 6.45) is 3.21. The number of para-hydroxylation sites is 2. The Morgan fingerprint density at radius 2 is 1.96 bits per heavy atom. The van der Waals surface area contributed by atoms with Gasteiger partial charge in [-0.3, -0.25) is 4.79 Å². The molecule has 1 saturated heterocycles. The highest BCUT2D eigenvalue weighted by molar-refractivity contribution is 5.97. The number of ether oxygens (including phenoxy) is 2. The lowest BCUT2D eigenvalue weighted by atomic mass is 10.1. The Morgan fingerprint density at radius 3 is 2.70 bits per heavy atom. The summed E-state index contributed by atoms with van der Waals surface area (Å²) in [6.45, 7) is 7.40. The van der Waals surface area contributed by atoms with Gasteiger partial charge in [0.1, 0.15) is 6.10 Å². The third-order valence-electron chi connectivity index (χ3n) is 4.03. The monoisotopic (exact) mass is 320 g/mol. The molecule has 0 saturated carbocycles. The van der Waals surface area contributed by atoms with Crippen LogP contribution in [0.4, 0.5) is 11.4 Å². The van der Waals surface area contributed by atoms with Gasteiger partial charge in [-0.15, -0.1) is 0 Å². The third kappa shape index (κ3) is 5.52. The molecule has 1 fully saturated rings. The first-order valence-corrected chi connectivity index (χ1v) is 8.56. The molecular weight excluding hydrogens is 292 g/mol. The Labute approximate surface area is 139 Å². The standard InChI is InChI=1S/C18H28N2O3/c1-3-22-13-14-23-15(2)18(21)19-16-9-5-6-10-17(16)20-11-7-4-8-12-20/h5-6,9-10,15H,3-4,7-8,11-14H2,1-2H3,(H,19,21). The normalized spacial score (nSPS) is 16.2. The van der Waals surface area contributed by atoms with Crippen LogP contribution in [0.5, 0.6) is 0 Å². The fraction of sp³-hybridized carbons (Fsp3) is 0.611. The van der Waals surface area contributed by atoms with Crippen molar-refractivity contribution in [3.05, 3.63) is 24.3 Å². The summed E-state index contributed by atoms with van der Waals surface area (Å²) in [4.78, 5) is 14.7. The van der Waals surface area contributed by atoms with Crippen molar-refractivity contribution >= 4 is 17.3 Å². The molecule has 0 aromatic heterocycles. The number of hydrogen-bond acceptors (Lipinski definition) is 4. The van der Waals surface area contributed by atoms with Crippen LogP contribution in [0, 0.1) is 0 Å². The molecule has 1 unspecified atom stereocenters. The molecule has 0 bridgehead atoms. The summed E-state index contributed by atoms with van der Waals surface area (Å²) in [7, 11) is 0. The van der Waals surface area contributed by atoms with Gasteiger partial charge < -0.3 is 19.7 Å². The third-order valence-corrected chi connectivity index (χ3v) is 4.03. The minimum atomic E-state index is -0.495. The molecule has 1 aromatic carbocycles. The fourth-order valence-electron chi connectivity index (χ4n) is 2.73. The Kier molecular flexibility index (Phi) is 7.36. The van der Waals surface area contributed by atoms with Gasteiger partial charge in [-0.2, -0.15) is 0 Å². The number of anilines is 2. The zero-order valence-electron chi connectivity index (χ0n) is 14.2. The quantitative estimate of drug-likeness (QED) is 0.748. The minimum absolute atomic E-state index is 0.119. The molecule has 1 N–H and O–H groups in total. The van der Waals surface area contributed by atoms with Crippen molar-refractivity contribution in [2.75, 3.05) is 43.1 Å². The predicted octanol–water partition coefficient (Wildman–Crippen LogP) is 3.06. The first kappa shape index (κ1) is 17.8. The second kappa shape index (κ2) is 9.53. The molecule has 5 heteroatoms. The summed E-state index contributed by atoms with van der Waals surface area (Å²) < 4.78 is 10.7. The van der Waals surface area contributed by atoms with Crippen LogP contribution in [0.2, 0.25) is 0 Å². The first-order chi connectivity index (χ1) is 11.2. The van der Waals surface area contributed by atoms with Crippen molar-refractivity contribution in [3.8, 4) is 0 Å². The van der Waals surface area contributed by atoms with E-state index in [1.807, 2.05) is 25.1 Å². The van der Waals surface area contributed by atoms with Crippen LogP contribution in [0.1, 0.15) is 33.1 Å². The summed E-state index contributed by atoms with van der Waals surface area (Å²) in [6, 6.07) is 7.99. The number of nitrogens with zero attached hydrogens (tertiary/aromatic N) is 1. The van der Waals surface area contributed by atoms with Crippen molar-refractivity contribution in [1.29, 1.82) is 0 Å². The van der Waals surface area contributed by atoms with Gasteiger partial charge in [-0.25, -0.2) is 0 Å². The van der Waals surface area contributed by atoms with Crippen LogP contribution in [0.3, 0.4) is 0 Å². The van der Waals surface area contributed by atoms with Crippen molar-refractivity contribution < 1.29 is 14.3 Å². The van der Waals surface area contributed by atoms with Gasteiger partial charge in [-0.05, 0) is 45.2 Å². The molecule has 1 aromatic rings. The Bertz CT molecular complexity index is 487. The maximum Gasteiger partial charge on any atom is 0.253 e. The van der Waals surface area contributed by atoms with Gasteiger partial charge in [-0.1, -0.05) is 12.1 Å². The van der Waals surface area contributed by atoms with E-state index in [1.165, 1.54) is 19.3 Å². The highest BCUT2D eigenvalue weighted by atomic mass is 16.5. The Morgan fingerprint density at radius 1 is 1.22 bits per heavy atom. The van der Waals surface area contributed by atoms with E-state index in [9.17, 15) is 4.79 Å². The summed E-state index contributed by atoms with van der Waals surface area (Å²) in [5, 5.41) is 3.00. The Hall–Kier alpha value is -1.59. The zero-order chi connectivity index (χ0) is 16.5. The molecule has 23 heavy (non-hydrogen) atoms. The number of benzene rings is 1. The highest BCUT2D eigenvalue weighted by Crippen LogP contribution is 2.28. The lowest BCUT2D eigenvalue weighted by molar-refractivity contribution is -0.127. The van der Waals surface area contributed by atoms with Crippen molar-refractivity contribution in [2.45, 2.75) is 39.2 Å². The predicted molar refractivity (Wildman–Crippen MR) is 93.0 cm³/mol. The summed E-state index contributed by atoms with van der Waals surface area (Å²) in [5.41, 5.74) is 1.96. The second-order valence-electron chi connectivity index (χ2n) is 5.76. The maximum absolute atomic E-state index is 12.3. The Balaban J connectivity index is 1.92. The van der Waals surface area contributed by atoms with E-state index in [4.69, 9.17) is 9.47 Å². The number of rotatable bonds is 8. The molecular formula is C18H28N2O3. The lowest BCUT2D eigenvalue weighted by Gasteiger charge is -2.30. The molecule has 0 radical (unpaired) electrons. The maximum atomic E-state index is 12.3. The molecule has 0 spiro atoms. The van der Waals surface area contributed by atoms with E-state index in [0.717, 1.165) is 24.5 Å². The summed E-state index contributed by atoms with van der Waals surface area (Å²) in [5.74, 6) is -0.119. The largest absolute Gasteiger partial charge is 0.379 e. The van der Waals surface area contributed by atoms with Crippen LogP contribution in [0.15, 0.2) is 24.3 Å². The van der Waals surface area contributed by atoms with Crippen LogP contribution in [-0.4, -0.2) is 44.9 Å². The van der Waals surface area contributed by atoms with Crippen molar-refractivity contribution in [3.63, 3.8) is 0 Å². The van der Waals surface area contributed by atoms with Crippen LogP contribution < -0.4 is 10.2 Å². The average Bonchev–Trinajstić information content (AvgIpc) is 2.59. The fourth-order valence-corrected chi connectivity index (χ4v) is 2.73. The molecule has 1 heterocycles. The summed E-state index contributed by atoms with van der Waals surface area (Å²) >= 11 is 0. The van der Waals surface area contributed by atoms with Gasteiger partial charge in [0.15, 0.2) is 0 Å². The average molecular weight is 320 g/mol. The zero-order valence-corrected chi connectivity index (χ0v) is 14.2. The van der Waals surface area contributed by atoms with Gasteiger partial charge in [0.05, 0.1) is 24.6 Å². The van der Waals surface area contributed by atoms with Crippen LogP contribution in [0.25, 0.3) is 0 Å². The number of hydrogen-bond donors (Lipinski definition) is 1. The van der Waals surface area contributed by atoms with Crippen molar-refractivity contribution in [1.82, 2.24) is 0 Å². The number of piperidine rings is 1. The lowest BCUT2D eigenvalue weighted by Crippen LogP contribution is -2.32. The first-order valence-electron chi connectivity index (χ1n) is 8.56. The SMILES string of the molecule is CCOCCOC(C)C(=O)Nc1ccccc1N1CCCCC1. The second-order valence-corrected chi connectivity index (χ2v) is 5.76. The van der Waals surface area contributed by atoms with E-state index >= 15 is 0 Å². The van der Waals surface area contributed by atoms with E-state index in [-0.39, 0.29) is 5.91 Å². The van der Waals surface area contributed by atoms with Crippen molar-refractivity contribution in [2.24, 2.45) is 0 Å². The number of carbonyl (C=O) groups is 1. The minimum Gasteiger partial charge on any atom is -0.379 e. The highest BCUT2D eigenvalue weighted by Gasteiger charge is 2.18. The number of amides is 1. The molecule has 1 aliphatic rings. The van der Waals surface area contributed by atoms with E-state index in [1.54, 1.807) is 6.92 Å². The van der Waals surface area contributed by atoms with E-state index in [0.29, 0.717) is 19.8 Å². The molecule has 2 rings (SSSR count). The van der Waals surface area contributed by atoms with Gasteiger partial charge in [0.2, 0.25) is 0 Å². The molecule has 0 aliphatic carbocycles. The van der Waals surface area contributed by atoms with Gasteiger partial charge in [0, 0.05) is 19.7 Å². The number of nitrogens with one attached hydrogen (secondary N) is 1. The molecule has 1 atom stereocenters. The van der Waals surface area contributed by atoms with Gasteiger partial charge >= 0.3 is 0 Å². The van der Waals surface area contributed by atoms with Crippen LogP contribution >= 0.6 is 0 Å². The molecule has 1 aliphatic heterocycles. The smallest absolute Gasteiger partial charge is 0.253 e. The molecule has 128 valence electrons.